The Morgan fingerprint density at radius 3 is 2.29 bits per heavy atom. The summed E-state index contributed by atoms with van der Waals surface area (Å²) in [4.78, 5) is 2.01. The van der Waals surface area contributed by atoms with Crippen molar-refractivity contribution < 1.29 is 10.2 Å². The zero-order valence-electron chi connectivity index (χ0n) is 9.37. The van der Waals surface area contributed by atoms with E-state index in [1.54, 1.807) is 6.08 Å². The van der Waals surface area contributed by atoms with Crippen LogP contribution in [0.1, 0.15) is 26.7 Å². The molecule has 0 atom stereocenters. The highest BCUT2D eigenvalue weighted by Crippen LogP contribution is 2.16. The number of hydrogen-bond donors (Lipinski definition) is 2. The van der Waals surface area contributed by atoms with Crippen LogP contribution in [0.4, 0.5) is 0 Å². The van der Waals surface area contributed by atoms with E-state index in [1.807, 2.05) is 18.7 Å². The zero-order chi connectivity index (χ0) is 11.0. The second-order valence-electron chi connectivity index (χ2n) is 3.68. The van der Waals surface area contributed by atoms with Crippen LogP contribution in [0.25, 0.3) is 0 Å². The molecule has 0 saturated carbocycles. The first-order valence-corrected chi connectivity index (χ1v) is 5.28. The summed E-state index contributed by atoms with van der Waals surface area (Å²) >= 11 is 0. The van der Waals surface area contributed by atoms with E-state index in [-0.39, 0.29) is 6.61 Å². The Morgan fingerprint density at radius 2 is 1.93 bits per heavy atom. The summed E-state index contributed by atoms with van der Waals surface area (Å²) in [5, 5.41) is 18.9. The van der Waals surface area contributed by atoms with Crippen molar-refractivity contribution in [1.29, 1.82) is 0 Å². The lowest BCUT2D eigenvalue weighted by Gasteiger charge is -2.32. The fourth-order valence-corrected chi connectivity index (χ4v) is 1.45. The highest BCUT2D eigenvalue weighted by Gasteiger charge is 2.24. The van der Waals surface area contributed by atoms with Gasteiger partial charge in [0, 0.05) is 19.6 Å². The molecule has 0 bridgehead atoms. The summed E-state index contributed by atoms with van der Waals surface area (Å²) < 4.78 is 0. The van der Waals surface area contributed by atoms with Gasteiger partial charge >= 0.3 is 0 Å². The highest BCUT2D eigenvalue weighted by molar-refractivity contribution is 4.83. The second kappa shape index (κ2) is 6.98. The SMILES string of the molecule is C=CCN(CCO)CC(O)(CC)CC. The maximum atomic E-state index is 10.1. The van der Waals surface area contributed by atoms with Crippen molar-refractivity contribution in [3.8, 4) is 0 Å². The molecule has 3 nitrogen and oxygen atoms in total. The smallest absolute Gasteiger partial charge is 0.0769 e. The lowest BCUT2D eigenvalue weighted by Crippen LogP contribution is -2.43. The summed E-state index contributed by atoms with van der Waals surface area (Å²) in [6.07, 6.45) is 3.27. The van der Waals surface area contributed by atoms with Crippen LogP contribution in [0.15, 0.2) is 12.7 Å². The maximum absolute atomic E-state index is 10.1. The molecule has 3 heteroatoms. The van der Waals surface area contributed by atoms with Crippen LogP contribution < -0.4 is 0 Å². The first-order valence-electron chi connectivity index (χ1n) is 5.28. The van der Waals surface area contributed by atoms with E-state index < -0.39 is 5.60 Å². The molecule has 0 saturated heterocycles. The normalized spacial score (nSPS) is 12.1. The first-order chi connectivity index (χ1) is 6.61. The third-order valence-electron chi connectivity index (χ3n) is 2.64. The van der Waals surface area contributed by atoms with Crippen molar-refractivity contribution in [3.63, 3.8) is 0 Å². The minimum Gasteiger partial charge on any atom is -0.395 e. The number of hydrogen-bond acceptors (Lipinski definition) is 3. The van der Waals surface area contributed by atoms with E-state index in [0.29, 0.717) is 19.6 Å². The van der Waals surface area contributed by atoms with Gasteiger partial charge in [0.2, 0.25) is 0 Å². The summed E-state index contributed by atoms with van der Waals surface area (Å²) in [6, 6.07) is 0. The van der Waals surface area contributed by atoms with E-state index in [2.05, 4.69) is 6.58 Å². The first kappa shape index (κ1) is 13.6. The minimum absolute atomic E-state index is 0.122. The Labute approximate surface area is 87.0 Å². The zero-order valence-corrected chi connectivity index (χ0v) is 9.37. The van der Waals surface area contributed by atoms with E-state index in [4.69, 9.17) is 5.11 Å². The second-order valence-corrected chi connectivity index (χ2v) is 3.68. The number of aliphatic hydroxyl groups excluding tert-OH is 1. The van der Waals surface area contributed by atoms with Crippen LogP contribution in [-0.2, 0) is 0 Å². The Bertz CT molecular complexity index is 155. The molecule has 84 valence electrons. The van der Waals surface area contributed by atoms with Gasteiger partial charge in [0.25, 0.3) is 0 Å². The molecule has 0 fully saturated rings. The van der Waals surface area contributed by atoms with Gasteiger partial charge in [0.05, 0.1) is 12.2 Å². The topological polar surface area (TPSA) is 43.7 Å². The van der Waals surface area contributed by atoms with Crippen molar-refractivity contribution in [2.45, 2.75) is 32.3 Å². The standard InChI is InChI=1S/C11H23NO2/c1-4-7-12(8-9-13)10-11(14,5-2)6-3/h4,13-14H,1,5-10H2,2-3H3. The molecule has 0 spiro atoms. The number of rotatable bonds is 8. The van der Waals surface area contributed by atoms with Gasteiger partial charge in [0.15, 0.2) is 0 Å². The molecule has 14 heavy (non-hydrogen) atoms. The highest BCUT2D eigenvalue weighted by atomic mass is 16.3. The fraction of sp³-hybridized carbons (Fsp3) is 0.818. The largest absolute Gasteiger partial charge is 0.395 e. The fourth-order valence-electron chi connectivity index (χ4n) is 1.45. The molecule has 2 N–H and O–H groups in total. The lowest BCUT2D eigenvalue weighted by atomic mass is 9.97. The molecule has 0 radical (unpaired) electrons. The van der Waals surface area contributed by atoms with Crippen LogP contribution in [0.2, 0.25) is 0 Å². The molecule has 0 aliphatic carbocycles. The average Bonchev–Trinajstić information content (AvgIpc) is 2.18. The van der Waals surface area contributed by atoms with E-state index >= 15 is 0 Å². The van der Waals surface area contributed by atoms with E-state index in [1.165, 1.54) is 0 Å². The van der Waals surface area contributed by atoms with Gasteiger partial charge < -0.3 is 10.2 Å². The molecule has 0 unspecified atom stereocenters. The van der Waals surface area contributed by atoms with Crippen LogP contribution in [0.3, 0.4) is 0 Å². The summed E-state index contributed by atoms with van der Waals surface area (Å²) in [5.41, 5.74) is -0.627. The lowest BCUT2D eigenvalue weighted by molar-refractivity contribution is -0.00362. The van der Waals surface area contributed by atoms with E-state index in [0.717, 1.165) is 12.8 Å². The van der Waals surface area contributed by atoms with Gasteiger partial charge in [-0.05, 0) is 12.8 Å². The van der Waals surface area contributed by atoms with Crippen LogP contribution >= 0.6 is 0 Å². The van der Waals surface area contributed by atoms with Gasteiger partial charge in [-0.1, -0.05) is 19.9 Å². The molecule has 0 amide bonds. The van der Waals surface area contributed by atoms with Crippen molar-refractivity contribution in [1.82, 2.24) is 4.90 Å². The molecule has 0 aromatic rings. The monoisotopic (exact) mass is 201 g/mol. The van der Waals surface area contributed by atoms with Gasteiger partial charge in [-0.25, -0.2) is 0 Å². The Balaban J connectivity index is 4.16. The molecule has 0 aromatic heterocycles. The van der Waals surface area contributed by atoms with E-state index in [9.17, 15) is 5.11 Å². The molecular formula is C11H23NO2. The van der Waals surface area contributed by atoms with Gasteiger partial charge in [0.1, 0.15) is 0 Å². The molecule has 0 rings (SSSR count). The minimum atomic E-state index is -0.627. The Morgan fingerprint density at radius 1 is 1.36 bits per heavy atom. The van der Waals surface area contributed by atoms with Gasteiger partial charge in [-0.3, -0.25) is 4.90 Å². The summed E-state index contributed by atoms with van der Waals surface area (Å²) in [7, 11) is 0. The summed E-state index contributed by atoms with van der Waals surface area (Å²) in [5.74, 6) is 0. The van der Waals surface area contributed by atoms with Crippen molar-refractivity contribution in [3.05, 3.63) is 12.7 Å². The van der Waals surface area contributed by atoms with Crippen molar-refractivity contribution >= 4 is 0 Å². The number of nitrogens with zero attached hydrogens (tertiary/aromatic N) is 1. The Kier molecular flexibility index (Phi) is 6.79. The third-order valence-corrected chi connectivity index (χ3v) is 2.64. The molecule has 0 aliphatic heterocycles. The Hall–Kier alpha value is -0.380. The molecular weight excluding hydrogens is 178 g/mol. The quantitative estimate of drug-likeness (QED) is 0.576. The van der Waals surface area contributed by atoms with Crippen LogP contribution in [0, 0.1) is 0 Å². The van der Waals surface area contributed by atoms with Crippen molar-refractivity contribution in [2.75, 3.05) is 26.2 Å². The third kappa shape index (κ3) is 4.74. The maximum Gasteiger partial charge on any atom is 0.0769 e. The molecule has 0 heterocycles. The van der Waals surface area contributed by atoms with Crippen molar-refractivity contribution in [2.24, 2.45) is 0 Å². The molecule has 0 aliphatic rings. The summed E-state index contributed by atoms with van der Waals surface area (Å²) in [6.45, 7) is 9.65. The van der Waals surface area contributed by atoms with Gasteiger partial charge in [-0.15, -0.1) is 6.58 Å². The van der Waals surface area contributed by atoms with Crippen LogP contribution in [-0.4, -0.2) is 47.0 Å². The predicted octanol–water partition coefficient (Wildman–Crippen LogP) is 1.02. The molecule has 0 aromatic carbocycles. The average molecular weight is 201 g/mol. The predicted molar refractivity (Wildman–Crippen MR) is 59.3 cm³/mol. The van der Waals surface area contributed by atoms with Crippen LogP contribution in [0.5, 0.6) is 0 Å². The van der Waals surface area contributed by atoms with Gasteiger partial charge in [-0.2, -0.15) is 0 Å². The number of aliphatic hydroxyl groups is 2.